The molecule has 0 nitrogen and oxygen atoms in total. The molecule has 1 aliphatic rings. The van der Waals surface area contributed by atoms with Gasteiger partial charge >= 0.3 is 0 Å². The lowest BCUT2D eigenvalue weighted by Gasteiger charge is -2.22. The van der Waals surface area contributed by atoms with E-state index in [0.717, 1.165) is 0 Å². The highest BCUT2D eigenvalue weighted by Gasteiger charge is 2.18. The van der Waals surface area contributed by atoms with E-state index < -0.39 is 8.07 Å². The number of hydrogen-bond acceptors (Lipinski definition) is 0. The first-order valence-corrected chi connectivity index (χ1v) is 11.6. The van der Waals surface area contributed by atoms with E-state index in [1.807, 2.05) is 0 Å². The average molecular weight is 255 g/mol. The van der Waals surface area contributed by atoms with Gasteiger partial charge in [0.1, 0.15) is 0 Å². The summed E-state index contributed by atoms with van der Waals surface area (Å²) in [6.45, 7) is 5.23. The smallest absolute Gasteiger partial charge is 0.0473 e. The highest BCUT2D eigenvalue weighted by atomic mass is 28.3. The van der Waals surface area contributed by atoms with Crippen LogP contribution in [0.5, 0.6) is 0 Å². The normalized spacial score (nSPS) is 25.8. The monoisotopic (exact) mass is 254 g/mol. The molecule has 17 heavy (non-hydrogen) atoms. The van der Waals surface area contributed by atoms with Crippen LogP contribution in [0.1, 0.15) is 77.0 Å². The lowest BCUT2D eigenvalue weighted by atomic mass is 10.1. The summed E-state index contributed by atoms with van der Waals surface area (Å²) in [5.41, 5.74) is 0. The van der Waals surface area contributed by atoms with Gasteiger partial charge in [-0.15, -0.1) is 0 Å². The molecule has 0 spiro atoms. The van der Waals surface area contributed by atoms with E-state index in [1.54, 1.807) is 12.1 Å². The van der Waals surface area contributed by atoms with E-state index in [9.17, 15) is 0 Å². The standard InChI is InChI=1S/C16H34Si/c1-17(2)15-13-11-9-7-5-3-4-6-8-10-12-14-16-17/h3-16H2,1-2H3. The van der Waals surface area contributed by atoms with Gasteiger partial charge in [-0.05, 0) is 0 Å². The minimum atomic E-state index is -0.808. The van der Waals surface area contributed by atoms with Gasteiger partial charge in [-0.3, -0.25) is 0 Å². The molecule has 1 fully saturated rings. The molecule has 1 saturated heterocycles. The summed E-state index contributed by atoms with van der Waals surface area (Å²) < 4.78 is 0. The van der Waals surface area contributed by atoms with Crippen LogP contribution in [0, 0.1) is 0 Å². The minimum absolute atomic E-state index is 0.808. The molecule has 0 unspecified atom stereocenters. The van der Waals surface area contributed by atoms with Crippen molar-refractivity contribution in [2.45, 2.75) is 102 Å². The Balaban J connectivity index is 2.22. The molecule has 0 atom stereocenters. The largest absolute Gasteiger partial charge is 0.0693 e. The van der Waals surface area contributed by atoms with Crippen LogP contribution in [0.2, 0.25) is 25.2 Å². The topological polar surface area (TPSA) is 0 Å². The second kappa shape index (κ2) is 9.19. The Bertz CT molecular complexity index is 156. The van der Waals surface area contributed by atoms with Gasteiger partial charge in [-0.1, -0.05) is 102 Å². The second-order valence-corrected chi connectivity index (χ2v) is 12.2. The van der Waals surface area contributed by atoms with Crippen LogP contribution in [0.3, 0.4) is 0 Å². The van der Waals surface area contributed by atoms with Crippen LogP contribution < -0.4 is 0 Å². The van der Waals surface area contributed by atoms with E-state index in [4.69, 9.17) is 0 Å². The number of hydrogen-bond donors (Lipinski definition) is 0. The van der Waals surface area contributed by atoms with Crippen molar-refractivity contribution in [2.75, 3.05) is 0 Å². The van der Waals surface area contributed by atoms with Crippen molar-refractivity contribution in [3.05, 3.63) is 0 Å². The summed E-state index contributed by atoms with van der Waals surface area (Å²) in [7, 11) is -0.808. The molecule has 0 aromatic heterocycles. The van der Waals surface area contributed by atoms with Gasteiger partial charge < -0.3 is 0 Å². The Morgan fingerprint density at radius 1 is 0.412 bits per heavy atom. The molecule has 0 saturated carbocycles. The SMILES string of the molecule is C[Si]1(C)CCCCCCCCCCCCCC1. The third kappa shape index (κ3) is 8.88. The van der Waals surface area contributed by atoms with Crippen molar-refractivity contribution in [3.8, 4) is 0 Å². The Morgan fingerprint density at radius 2 is 0.647 bits per heavy atom. The quantitative estimate of drug-likeness (QED) is 0.439. The maximum atomic E-state index is 2.62. The molecule has 0 aromatic carbocycles. The zero-order valence-electron chi connectivity index (χ0n) is 12.4. The lowest BCUT2D eigenvalue weighted by Crippen LogP contribution is -2.24. The van der Waals surface area contributed by atoms with E-state index in [0.29, 0.717) is 0 Å². The maximum Gasteiger partial charge on any atom is 0.0473 e. The Labute approximate surface area is 111 Å². The molecule has 0 N–H and O–H groups in total. The van der Waals surface area contributed by atoms with Crippen LogP contribution in [-0.2, 0) is 0 Å². The van der Waals surface area contributed by atoms with Crippen molar-refractivity contribution >= 4 is 8.07 Å². The van der Waals surface area contributed by atoms with E-state index in [2.05, 4.69) is 13.1 Å². The lowest BCUT2D eigenvalue weighted by molar-refractivity contribution is 0.550. The predicted octanol–water partition coefficient (Wildman–Crippen LogP) is 6.39. The van der Waals surface area contributed by atoms with Crippen molar-refractivity contribution in [2.24, 2.45) is 0 Å². The van der Waals surface area contributed by atoms with Crippen LogP contribution >= 0.6 is 0 Å². The summed E-state index contributed by atoms with van der Waals surface area (Å²) in [5, 5.41) is 0. The van der Waals surface area contributed by atoms with Gasteiger partial charge in [0, 0.05) is 8.07 Å². The fourth-order valence-electron chi connectivity index (χ4n) is 3.10. The highest BCUT2D eigenvalue weighted by molar-refractivity contribution is 6.77. The molecule has 102 valence electrons. The molecule has 1 aliphatic heterocycles. The van der Waals surface area contributed by atoms with Crippen molar-refractivity contribution in [3.63, 3.8) is 0 Å². The zero-order valence-corrected chi connectivity index (χ0v) is 13.4. The fourth-order valence-corrected chi connectivity index (χ4v) is 5.76. The third-order valence-corrected chi connectivity index (χ3v) is 7.87. The van der Waals surface area contributed by atoms with Crippen molar-refractivity contribution < 1.29 is 0 Å². The Hall–Kier alpha value is 0.217. The minimum Gasteiger partial charge on any atom is -0.0693 e. The highest BCUT2D eigenvalue weighted by Crippen LogP contribution is 2.24. The van der Waals surface area contributed by atoms with E-state index >= 15 is 0 Å². The van der Waals surface area contributed by atoms with Crippen LogP contribution in [0.15, 0.2) is 0 Å². The van der Waals surface area contributed by atoms with Gasteiger partial charge in [0.05, 0.1) is 0 Å². The van der Waals surface area contributed by atoms with E-state index in [1.165, 1.54) is 77.0 Å². The molecule has 1 rings (SSSR count). The molecule has 0 aliphatic carbocycles. The fraction of sp³-hybridized carbons (Fsp3) is 1.00. The van der Waals surface area contributed by atoms with Gasteiger partial charge in [-0.25, -0.2) is 0 Å². The van der Waals surface area contributed by atoms with Gasteiger partial charge in [-0.2, -0.15) is 0 Å². The molecule has 0 aromatic rings. The maximum absolute atomic E-state index is 2.62. The van der Waals surface area contributed by atoms with Gasteiger partial charge in [0.25, 0.3) is 0 Å². The Morgan fingerprint density at radius 3 is 0.941 bits per heavy atom. The van der Waals surface area contributed by atoms with Crippen molar-refractivity contribution in [1.82, 2.24) is 0 Å². The first-order valence-electron chi connectivity index (χ1n) is 8.21. The molecule has 0 bridgehead atoms. The average Bonchev–Trinajstić information content (AvgIpc) is 2.29. The Kier molecular flexibility index (Phi) is 8.26. The summed E-state index contributed by atoms with van der Waals surface area (Å²) in [6.07, 6.45) is 18.1. The van der Waals surface area contributed by atoms with E-state index in [-0.39, 0.29) is 0 Å². The third-order valence-electron chi connectivity index (χ3n) is 4.46. The summed E-state index contributed by atoms with van der Waals surface area (Å²) >= 11 is 0. The van der Waals surface area contributed by atoms with Crippen LogP contribution in [0.4, 0.5) is 0 Å². The first-order chi connectivity index (χ1) is 8.21. The van der Waals surface area contributed by atoms with Gasteiger partial charge in [0.2, 0.25) is 0 Å². The second-order valence-electron chi connectivity index (χ2n) is 6.91. The number of rotatable bonds is 0. The van der Waals surface area contributed by atoms with Crippen LogP contribution in [-0.4, -0.2) is 8.07 Å². The zero-order chi connectivity index (χ0) is 12.4. The molecule has 1 heteroatoms. The predicted molar refractivity (Wildman–Crippen MR) is 82.5 cm³/mol. The first kappa shape index (κ1) is 15.3. The summed E-state index contributed by atoms with van der Waals surface area (Å²) in [4.78, 5) is 0. The molecule has 1 heterocycles. The molecule has 0 radical (unpaired) electrons. The summed E-state index contributed by atoms with van der Waals surface area (Å²) in [6, 6.07) is 3.18. The molecule has 0 amide bonds. The van der Waals surface area contributed by atoms with Gasteiger partial charge in [0.15, 0.2) is 0 Å². The molecular formula is C16H34Si. The van der Waals surface area contributed by atoms with Crippen molar-refractivity contribution in [1.29, 1.82) is 0 Å². The summed E-state index contributed by atoms with van der Waals surface area (Å²) in [5.74, 6) is 0. The molecular weight excluding hydrogens is 220 g/mol. The van der Waals surface area contributed by atoms with Crippen LogP contribution in [0.25, 0.3) is 0 Å².